The Hall–Kier alpha value is -2.62. The predicted molar refractivity (Wildman–Crippen MR) is 109 cm³/mol. The summed E-state index contributed by atoms with van der Waals surface area (Å²) in [5.41, 5.74) is 2.21. The van der Waals surface area contributed by atoms with Crippen LogP contribution in [0.5, 0.6) is 0 Å². The molecule has 1 aliphatic heterocycles. The number of ketones is 1. The number of rotatable bonds is 5. The monoisotopic (exact) mass is 367 g/mol. The van der Waals surface area contributed by atoms with Crippen LogP contribution in [0.15, 0.2) is 54.6 Å². The largest absolute Gasteiger partial charge is 0.444 e. The van der Waals surface area contributed by atoms with E-state index in [4.69, 9.17) is 4.74 Å². The molecule has 0 bridgehead atoms. The SMILES string of the molecule is CC.CCCCC1CC(=O)c2ccccc2N1C(=O)OCc1ccccc1. The first-order valence-electron chi connectivity index (χ1n) is 9.83. The highest BCUT2D eigenvalue weighted by Crippen LogP contribution is 2.33. The quantitative estimate of drug-likeness (QED) is 0.651. The van der Waals surface area contributed by atoms with E-state index in [0.29, 0.717) is 17.7 Å². The molecular weight excluding hydrogens is 338 g/mol. The Balaban J connectivity index is 0.00000126. The Morgan fingerprint density at radius 2 is 1.74 bits per heavy atom. The van der Waals surface area contributed by atoms with Crippen molar-refractivity contribution in [2.24, 2.45) is 0 Å². The van der Waals surface area contributed by atoms with Gasteiger partial charge in [0.25, 0.3) is 0 Å². The molecule has 4 nitrogen and oxygen atoms in total. The highest BCUT2D eigenvalue weighted by molar-refractivity contribution is 6.08. The minimum absolute atomic E-state index is 0.101. The number of benzene rings is 2. The number of ether oxygens (including phenoxy) is 1. The van der Waals surface area contributed by atoms with Crippen molar-refractivity contribution in [2.45, 2.75) is 59.1 Å². The van der Waals surface area contributed by atoms with Crippen LogP contribution in [0, 0.1) is 0 Å². The van der Waals surface area contributed by atoms with Gasteiger partial charge < -0.3 is 4.74 Å². The fourth-order valence-electron chi connectivity index (χ4n) is 3.24. The fraction of sp³-hybridized carbons (Fsp3) is 0.391. The van der Waals surface area contributed by atoms with Gasteiger partial charge in [0.15, 0.2) is 5.78 Å². The lowest BCUT2D eigenvalue weighted by Gasteiger charge is -2.35. The Kier molecular flexibility index (Phi) is 8.05. The van der Waals surface area contributed by atoms with Crippen molar-refractivity contribution in [3.8, 4) is 0 Å². The fourth-order valence-corrected chi connectivity index (χ4v) is 3.24. The van der Waals surface area contributed by atoms with E-state index in [-0.39, 0.29) is 24.5 Å². The summed E-state index contributed by atoms with van der Waals surface area (Å²) >= 11 is 0. The zero-order chi connectivity index (χ0) is 19.6. The first kappa shape index (κ1) is 20.7. The molecule has 0 saturated carbocycles. The summed E-state index contributed by atoms with van der Waals surface area (Å²) < 4.78 is 5.55. The van der Waals surface area contributed by atoms with Gasteiger partial charge in [-0.05, 0) is 24.1 Å². The molecule has 1 atom stereocenters. The third-order valence-electron chi connectivity index (χ3n) is 4.54. The summed E-state index contributed by atoms with van der Waals surface area (Å²) in [6.07, 6.45) is 2.78. The average molecular weight is 367 g/mol. The van der Waals surface area contributed by atoms with Crippen LogP contribution in [-0.2, 0) is 11.3 Å². The van der Waals surface area contributed by atoms with E-state index in [1.807, 2.05) is 62.4 Å². The summed E-state index contributed by atoms with van der Waals surface area (Å²) in [6.45, 7) is 6.34. The van der Waals surface area contributed by atoms with Gasteiger partial charge in [0, 0.05) is 18.0 Å². The Morgan fingerprint density at radius 3 is 2.44 bits per heavy atom. The van der Waals surface area contributed by atoms with Crippen molar-refractivity contribution in [1.29, 1.82) is 0 Å². The van der Waals surface area contributed by atoms with E-state index in [2.05, 4.69) is 6.92 Å². The minimum Gasteiger partial charge on any atom is -0.444 e. The second kappa shape index (κ2) is 10.5. The van der Waals surface area contributed by atoms with Crippen LogP contribution in [0.3, 0.4) is 0 Å². The van der Waals surface area contributed by atoms with E-state index in [1.165, 1.54) is 0 Å². The summed E-state index contributed by atoms with van der Waals surface area (Å²) in [7, 11) is 0. The smallest absolute Gasteiger partial charge is 0.414 e. The molecule has 0 fully saturated rings. The van der Waals surface area contributed by atoms with Crippen LogP contribution < -0.4 is 4.90 Å². The summed E-state index contributed by atoms with van der Waals surface area (Å²) in [5, 5.41) is 0. The van der Waals surface area contributed by atoms with Crippen molar-refractivity contribution in [3.63, 3.8) is 0 Å². The summed E-state index contributed by atoms with van der Waals surface area (Å²) in [5.74, 6) is 0.101. The molecule has 3 rings (SSSR count). The Labute approximate surface area is 162 Å². The standard InChI is InChI=1S/C21H23NO3.C2H6/c1-2-3-11-17-14-20(23)18-12-7-8-13-19(18)22(17)21(24)25-15-16-9-5-4-6-10-16;1-2/h4-10,12-13,17H,2-3,11,14-15H2,1H3;1-2H3. The van der Waals surface area contributed by atoms with Gasteiger partial charge in [0.1, 0.15) is 6.61 Å². The summed E-state index contributed by atoms with van der Waals surface area (Å²) in [6, 6.07) is 16.8. The van der Waals surface area contributed by atoms with E-state index >= 15 is 0 Å². The molecular formula is C23H29NO3. The number of unbranched alkanes of at least 4 members (excludes halogenated alkanes) is 1. The first-order valence-corrected chi connectivity index (χ1v) is 9.83. The molecule has 4 heteroatoms. The Morgan fingerprint density at radius 1 is 1.07 bits per heavy atom. The van der Waals surface area contributed by atoms with Crippen LogP contribution in [0.25, 0.3) is 0 Å². The van der Waals surface area contributed by atoms with Gasteiger partial charge in [-0.3, -0.25) is 9.69 Å². The number of para-hydroxylation sites is 1. The van der Waals surface area contributed by atoms with Gasteiger partial charge in [-0.2, -0.15) is 0 Å². The normalized spacial score (nSPS) is 15.4. The van der Waals surface area contributed by atoms with Gasteiger partial charge >= 0.3 is 6.09 Å². The third kappa shape index (κ3) is 5.19. The van der Waals surface area contributed by atoms with Crippen LogP contribution >= 0.6 is 0 Å². The van der Waals surface area contributed by atoms with Gasteiger partial charge in [-0.25, -0.2) is 4.79 Å². The molecule has 1 amide bonds. The van der Waals surface area contributed by atoms with E-state index in [1.54, 1.807) is 11.0 Å². The van der Waals surface area contributed by atoms with Crippen molar-refractivity contribution < 1.29 is 14.3 Å². The maximum absolute atomic E-state index is 12.8. The van der Waals surface area contributed by atoms with Crippen molar-refractivity contribution >= 4 is 17.6 Å². The molecule has 2 aromatic carbocycles. The van der Waals surface area contributed by atoms with Crippen LogP contribution in [0.1, 0.15) is 62.4 Å². The lowest BCUT2D eigenvalue weighted by atomic mass is 9.92. The third-order valence-corrected chi connectivity index (χ3v) is 4.54. The molecule has 0 spiro atoms. The molecule has 1 heterocycles. The van der Waals surface area contributed by atoms with Crippen molar-refractivity contribution in [1.82, 2.24) is 0 Å². The number of carbonyl (C=O) groups excluding carboxylic acids is 2. The number of Topliss-reactive ketones (excluding diaryl/α,β-unsaturated/α-hetero) is 1. The molecule has 0 saturated heterocycles. The zero-order valence-electron chi connectivity index (χ0n) is 16.5. The topological polar surface area (TPSA) is 46.6 Å². The number of hydrogen-bond donors (Lipinski definition) is 0. The molecule has 0 radical (unpaired) electrons. The number of carbonyl (C=O) groups is 2. The highest BCUT2D eigenvalue weighted by atomic mass is 16.6. The van der Waals surface area contributed by atoms with E-state index < -0.39 is 0 Å². The summed E-state index contributed by atoms with van der Waals surface area (Å²) in [4.78, 5) is 26.9. The molecule has 0 aliphatic carbocycles. The molecule has 1 aliphatic rings. The van der Waals surface area contributed by atoms with Gasteiger partial charge in [0.2, 0.25) is 0 Å². The highest BCUT2D eigenvalue weighted by Gasteiger charge is 2.35. The lowest BCUT2D eigenvalue weighted by molar-refractivity contribution is 0.0959. The molecule has 27 heavy (non-hydrogen) atoms. The van der Waals surface area contributed by atoms with Crippen LogP contribution in [0.4, 0.5) is 10.5 Å². The molecule has 0 N–H and O–H groups in total. The van der Waals surface area contributed by atoms with Gasteiger partial charge in [-0.1, -0.05) is 76.1 Å². The number of fused-ring (bicyclic) bond motifs is 1. The Bertz CT molecular complexity index is 742. The number of amides is 1. The lowest BCUT2D eigenvalue weighted by Crippen LogP contribution is -2.45. The second-order valence-electron chi connectivity index (χ2n) is 6.35. The zero-order valence-corrected chi connectivity index (χ0v) is 16.5. The number of nitrogens with zero attached hydrogens (tertiary/aromatic N) is 1. The van der Waals surface area contributed by atoms with Crippen molar-refractivity contribution in [3.05, 3.63) is 65.7 Å². The van der Waals surface area contributed by atoms with Crippen LogP contribution in [0.2, 0.25) is 0 Å². The minimum atomic E-state index is -0.384. The molecule has 1 unspecified atom stereocenters. The van der Waals surface area contributed by atoms with E-state index in [9.17, 15) is 9.59 Å². The molecule has 0 aromatic heterocycles. The average Bonchev–Trinajstić information content (AvgIpc) is 2.73. The number of hydrogen-bond acceptors (Lipinski definition) is 3. The maximum Gasteiger partial charge on any atom is 0.414 e. The van der Waals surface area contributed by atoms with E-state index in [0.717, 1.165) is 24.8 Å². The molecule has 144 valence electrons. The number of anilines is 1. The molecule has 2 aromatic rings. The maximum atomic E-state index is 12.8. The first-order chi connectivity index (χ1) is 13.2. The van der Waals surface area contributed by atoms with Crippen LogP contribution in [-0.4, -0.2) is 17.9 Å². The van der Waals surface area contributed by atoms with Gasteiger partial charge in [-0.15, -0.1) is 0 Å². The van der Waals surface area contributed by atoms with Gasteiger partial charge in [0.05, 0.1) is 5.69 Å². The predicted octanol–water partition coefficient (Wildman–Crippen LogP) is 6.00. The van der Waals surface area contributed by atoms with Crippen molar-refractivity contribution in [2.75, 3.05) is 4.90 Å². The second-order valence-corrected chi connectivity index (χ2v) is 6.35.